The fraction of sp³-hybridized carbons (Fsp3) is 0.167. The Morgan fingerprint density at radius 1 is 1.23 bits per heavy atom. The van der Waals surface area contributed by atoms with E-state index >= 15 is 0 Å². The SMILES string of the molecule is Cc1cc(-n2cnc3ccc(N[C@@H](CO)c4ccc(F)cc4)nc32)n[nH]1. The van der Waals surface area contributed by atoms with Gasteiger partial charge in [-0.05, 0) is 36.8 Å². The number of aromatic amines is 1. The molecule has 1 atom stereocenters. The summed E-state index contributed by atoms with van der Waals surface area (Å²) in [6.45, 7) is 1.77. The lowest BCUT2D eigenvalue weighted by Gasteiger charge is -2.17. The van der Waals surface area contributed by atoms with Crippen LogP contribution in [0.2, 0.25) is 0 Å². The smallest absolute Gasteiger partial charge is 0.168 e. The van der Waals surface area contributed by atoms with Gasteiger partial charge >= 0.3 is 0 Å². The molecule has 26 heavy (non-hydrogen) atoms. The highest BCUT2D eigenvalue weighted by atomic mass is 19.1. The molecule has 7 nitrogen and oxygen atoms in total. The molecule has 3 heterocycles. The second-order valence-corrected chi connectivity index (χ2v) is 5.99. The number of anilines is 1. The zero-order valence-electron chi connectivity index (χ0n) is 14.0. The fourth-order valence-corrected chi connectivity index (χ4v) is 2.78. The topological polar surface area (TPSA) is 91.7 Å². The maximum absolute atomic E-state index is 13.1. The maximum atomic E-state index is 13.1. The van der Waals surface area contributed by atoms with E-state index in [1.54, 1.807) is 29.1 Å². The minimum absolute atomic E-state index is 0.150. The van der Waals surface area contributed by atoms with Crippen molar-refractivity contribution in [2.75, 3.05) is 11.9 Å². The molecule has 0 radical (unpaired) electrons. The number of H-pyrrole nitrogens is 1. The van der Waals surface area contributed by atoms with Crippen LogP contribution in [0.4, 0.5) is 10.2 Å². The molecular weight excluding hydrogens is 335 g/mol. The van der Waals surface area contributed by atoms with Gasteiger partial charge in [0, 0.05) is 11.8 Å². The molecule has 8 heteroatoms. The van der Waals surface area contributed by atoms with Crippen molar-refractivity contribution in [2.45, 2.75) is 13.0 Å². The molecule has 0 aliphatic heterocycles. The normalized spacial score (nSPS) is 12.4. The van der Waals surface area contributed by atoms with Crippen LogP contribution in [0, 0.1) is 12.7 Å². The molecule has 4 aromatic rings. The van der Waals surface area contributed by atoms with E-state index < -0.39 is 6.04 Å². The number of nitrogens with one attached hydrogen (secondary N) is 2. The molecule has 3 aromatic heterocycles. The minimum atomic E-state index is -0.399. The van der Waals surface area contributed by atoms with Gasteiger partial charge in [-0.3, -0.25) is 9.67 Å². The van der Waals surface area contributed by atoms with E-state index in [2.05, 4.69) is 25.5 Å². The first-order chi connectivity index (χ1) is 12.6. The zero-order valence-corrected chi connectivity index (χ0v) is 14.0. The van der Waals surface area contributed by atoms with Crippen molar-refractivity contribution in [1.29, 1.82) is 0 Å². The number of fused-ring (bicyclic) bond motifs is 1. The Kier molecular flexibility index (Phi) is 4.10. The molecule has 0 saturated heterocycles. The molecule has 1 aromatic carbocycles. The van der Waals surface area contributed by atoms with Crippen LogP contribution in [0.5, 0.6) is 0 Å². The van der Waals surface area contributed by atoms with Crippen LogP contribution in [0.1, 0.15) is 17.3 Å². The molecule has 0 fully saturated rings. The van der Waals surface area contributed by atoms with Crippen LogP contribution < -0.4 is 5.32 Å². The summed E-state index contributed by atoms with van der Waals surface area (Å²) in [4.78, 5) is 8.94. The number of aryl methyl sites for hydroxylation is 1. The monoisotopic (exact) mass is 352 g/mol. The van der Waals surface area contributed by atoms with Crippen molar-refractivity contribution in [3.8, 4) is 5.82 Å². The number of halogens is 1. The molecule has 0 spiro atoms. The standard InChI is InChI=1S/C18H17FN6O/c1-11-8-17(24-23-11)25-10-20-14-6-7-16(22-18(14)25)21-15(9-26)12-2-4-13(19)5-3-12/h2-8,10,15,26H,9H2,1H3,(H,21,22)(H,23,24)/t15-/m0/s1. The average Bonchev–Trinajstić information content (AvgIpc) is 3.26. The first-order valence-electron chi connectivity index (χ1n) is 8.13. The van der Waals surface area contributed by atoms with Crippen LogP contribution in [-0.4, -0.2) is 36.4 Å². The number of pyridine rings is 1. The van der Waals surface area contributed by atoms with Crippen molar-refractivity contribution in [1.82, 2.24) is 24.7 Å². The lowest BCUT2D eigenvalue weighted by Crippen LogP contribution is -2.15. The highest BCUT2D eigenvalue weighted by Crippen LogP contribution is 2.22. The molecule has 4 rings (SSSR count). The van der Waals surface area contributed by atoms with Gasteiger partial charge in [-0.15, -0.1) is 0 Å². The second kappa shape index (κ2) is 6.57. The van der Waals surface area contributed by atoms with Crippen molar-refractivity contribution in [2.24, 2.45) is 0 Å². The molecule has 0 aliphatic carbocycles. The Labute approximate surface area is 148 Å². The van der Waals surface area contributed by atoms with Crippen LogP contribution in [-0.2, 0) is 0 Å². The number of aliphatic hydroxyl groups excluding tert-OH is 1. The largest absolute Gasteiger partial charge is 0.394 e. The highest BCUT2D eigenvalue weighted by Gasteiger charge is 2.14. The van der Waals surface area contributed by atoms with E-state index in [-0.39, 0.29) is 12.4 Å². The summed E-state index contributed by atoms with van der Waals surface area (Å²) in [5.74, 6) is 0.963. The predicted octanol–water partition coefficient (Wildman–Crippen LogP) is 2.74. The van der Waals surface area contributed by atoms with E-state index in [1.165, 1.54) is 12.1 Å². The second-order valence-electron chi connectivity index (χ2n) is 5.99. The van der Waals surface area contributed by atoms with Gasteiger partial charge in [0.15, 0.2) is 11.5 Å². The molecular formula is C18H17FN6O. The maximum Gasteiger partial charge on any atom is 0.168 e. The van der Waals surface area contributed by atoms with Crippen molar-refractivity contribution < 1.29 is 9.50 Å². The van der Waals surface area contributed by atoms with Crippen LogP contribution >= 0.6 is 0 Å². The number of aromatic nitrogens is 5. The third-order valence-corrected chi connectivity index (χ3v) is 4.11. The molecule has 0 amide bonds. The van der Waals surface area contributed by atoms with E-state index in [9.17, 15) is 9.50 Å². The predicted molar refractivity (Wildman–Crippen MR) is 95.6 cm³/mol. The summed E-state index contributed by atoms with van der Waals surface area (Å²) in [6, 6.07) is 11.1. The van der Waals surface area contributed by atoms with Gasteiger partial charge in [0.2, 0.25) is 0 Å². The number of nitrogens with zero attached hydrogens (tertiary/aromatic N) is 4. The lowest BCUT2D eigenvalue weighted by molar-refractivity contribution is 0.276. The van der Waals surface area contributed by atoms with Gasteiger partial charge in [-0.2, -0.15) is 5.10 Å². The first-order valence-corrected chi connectivity index (χ1v) is 8.13. The number of rotatable bonds is 5. The molecule has 0 unspecified atom stereocenters. The number of hydrogen-bond donors (Lipinski definition) is 3. The molecule has 0 saturated carbocycles. The van der Waals surface area contributed by atoms with Crippen LogP contribution in [0.15, 0.2) is 48.8 Å². The number of hydrogen-bond acceptors (Lipinski definition) is 5. The fourth-order valence-electron chi connectivity index (χ4n) is 2.78. The number of aliphatic hydroxyl groups is 1. The summed E-state index contributed by atoms with van der Waals surface area (Å²) in [7, 11) is 0. The summed E-state index contributed by atoms with van der Waals surface area (Å²) in [5, 5.41) is 20.0. The summed E-state index contributed by atoms with van der Waals surface area (Å²) in [6.07, 6.45) is 1.67. The van der Waals surface area contributed by atoms with E-state index in [0.29, 0.717) is 17.3 Å². The average molecular weight is 352 g/mol. The molecule has 132 valence electrons. The Morgan fingerprint density at radius 3 is 2.73 bits per heavy atom. The summed E-state index contributed by atoms with van der Waals surface area (Å²) in [5.41, 5.74) is 3.09. The highest BCUT2D eigenvalue weighted by molar-refractivity contribution is 5.74. The third kappa shape index (κ3) is 3.02. The van der Waals surface area contributed by atoms with Crippen molar-refractivity contribution in [3.63, 3.8) is 0 Å². The van der Waals surface area contributed by atoms with Crippen LogP contribution in [0.25, 0.3) is 17.0 Å². The molecule has 3 N–H and O–H groups in total. The number of imidazole rings is 1. The summed E-state index contributed by atoms with van der Waals surface area (Å²) < 4.78 is 14.9. The quantitative estimate of drug-likeness (QED) is 0.514. The Hall–Kier alpha value is -3.26. The van der Waals surface area contributed by atoms with Gasteiger partial charge in [-0.1, -0.05) is 12.1 Å². The molecule has 0 aliphatic rings. The Bertz CT molecular complexity index is 1040. The third-order valence-electron chi connectivity index (χ3n) is 4.11. The lowest BCUT2D eigenvalue weighted by atomic mass is 10.1. The Balaban J connectivity index is 1.67. The number of benzene rings is 1. The van der Waals surface area contributed by atoms with Gasteiger partial charge in [-0.25, -0.2) is 14.4 Å². The van der Waals surface area contributed by atoms with Gasteiger partial charge in [0.05, 0.1) is 12.6 Å². The van der Waals surface area contributed by atoms with E-state index in [0.717, 1.165) is 16.8 Å². The molecule has 0 bridgehead atoms. The van der Waals surface area contributed by atoms with E-state index in [1.807, 2.05) is 19.1 Å². The minimum Gasteiger partial charge on any atom is -0.394 e. The first kappa shape index (κ1) is 16.2. The van der Waals surface area contributed by atoms with Gasteiger partial charge < -0.3 is 10.4 Å². The van der Waals surface area contributed by atoms with Crippen molar-refractivity contribution >= 4 is 17.0 Å². The zero-order chi connectivity index (χ0) is 18.1. The summed E-state index contributed by atoms with van der Waals surface area (Å²) >= 11 is 0. The van der Waals surface area contributed by atoms with Crippen LogP contribution in [0.3, 0.4) is 0 Å². The Morgan fingerprint density at radius 2 is 2.04 bits per heavy atom. The van der Waals surface area contributed by atoms with Gasteiger partial charge in [0.25, 0.3) is 0 Å². The van der Waals surface area contributed by atoms with E-state index in [4.69, 9.17) is 0 Å². The van der Waals surface area contributed by atoms with Crippen molar-refractivity contribution in [3.05, 3.63) is 65.9 Å². The van der Waals surface area contributed by atoms with Gasteiger partial charge in [0.1, 0.15) is 23.5 Å².